The number of nitrogens with zero attached hydrogens (tertiary/aromatic N) is 2. The predicted molar refractivity (Wildman–Crippen MR) is 131 cm³/mol. The average molecular weight is 641 g/mol. The first-order valence-electron chi connectivity index (χ1n) is 8.95. The minimum Gasteiger partial charge on any atom is -0.466 e. The molecule has 0 saturated carbocycles. The van der Waals surface area contributed by atoms with Crippen LogP contribution in [-0.4, -0.2) is 26.2 Å². The number of rotatable bonds is 4. The molecule has 0 radical (unpaired) electrons. The first-order chi connectivity index (χ1) is 14.8. The minimum atomic E-state index is -0.883. The van der Waals surface area contributed by atoms with Gasteiger partial charge in [-0.1, -0.05) is 30.3 Å². The number of hydrogen-bond donors (Lipinski definition) is 1. The SMILES string of the molecule is COC(=O)C1=C(C(=O)OC)N(c2cc(I)cc(I)c2)C(N)=C(C#N)C1c1ccccc1. The maximum absolute atomic E-state index is 13.0. The zero-order valence-corrected chi connectivity index (χ0v) is 20.9. The first kappa shape index (κ1) is 23.1. The highest BCUT2D eigenvalue weighted by molar-refractivity contribution is 14.1. The van der Waals surface area contributed by atoms with Gasteiger partial charge in [-0.25, -0.2) is 9.59 Å². The summed E-state index contributed by atoms with van der Waals surface area (Å²) in [5.74, 6) is -2.36. The lowest BCUT2D eigenvalue weighted by atomic mass is 9.81. The molecule has 1 unspecified atom stereocenters. The Balaban J connectivity index is 2.43. The smallest absolute Gasteiger partial charge is 0.355 e. The summed E-state index contributed by atoms with van der Waals surface area (Å²) in [5, 5.41) is 10.0. The molecule has 1 atom stereocenters. The molecule has 2 N–H and O–H groups in total. The predicted octanol–water partition coefficient (Wildman–Crippen LogP) is 3.79. The molecular formula is C22H17I2N3O4. The fourth-order valence-electron chi connectivity index (χ4n) is 3.45. The van der Waals surface area contributed by atoms with Crippen molar-refractivity contribution in [2.45, 2.75) is 5.92 Å². The van der Waals surface area contributed by atoms with Crippen LogP contribution in [-0.2, 0) is 19.1 Å². The summed E-state index contributed by atoms with van der Waals surface area (Å²) in [7, 11) is 2.44. The van der Waals surface area contributed by atoms with E-state index in [0.29, 0.717) is 11.3 Å². The molecule has 1 aliphatic heterocycles. The maximum Gasteiger partial charge on any atom is 0.355 e. The van der Waals surface area contributed by atoms with Crippen molar-refractivity contribution in [3.63, 3.8) is 0 Å². The zero-order valence-electron chi connectivity index (χ0n) is 16.6. The summed E-state index contributed by atoms with van der Waals surface area (Å²) >= 11 is 4.29. The van der Waals surface area contributed by atoms with E-state index in [9.17, 15) is 14.9 Å². The van der Waals surface area contributed by atoms with Crippen LogP contribution >= 0.6 is 45.2 Å². The number of carbonyl (C=O) groups is 2. The van der Waals surface area contributed by atoms with Crippen molar-refractivity contribution in [3.05, 3.63) is 83.9 Å². The second kappa shape index (κ2) is 9.69. The van der Waals surface area contributed by atoms with Crippen molar-refractivity contribution in [1.29, 1.82) is 5.26 Å². The molecular weight excluding hydrogens is 624 g/mol. The maximum atomic E-state index is 13.0. The minimum absolute atomic E-state index is 0.0137. The Kier molecular flexibility index (Phi) is 7.22. The third kappa shape index (κ3) is 4.40. The summed E-state index contributed by atoms with van der Waals surface area (Å²) in [6, 6.07) is 16.6. The number of esters is 2. The highest BCUT2D eigenvalue weighted by Crippen LogP contribution is 2.43. The molecule has 2 aromatic rings. The molecule has 0 spiro atoms. The van der Waals surface area contributed by atoms with Gasteiger partial charge in [0.15, 0.2) is 0 Å². The molecule has 9 heteroatoms. The number of halogens is 2. The number of carbonyl (C=O) groups excluding carboxylic acids is 2. The third-order valence-corrected chi connectivity index (χ3v) is 5.96. The molecule has 31 heavy (non-hydrogen) atoms. The van der Waals surface area contributed by atoms with Crippen LogP contribution in [0.15, 0.2) is 71.2 Å². The summed E-state index contributed by atoms with van der Waals surface area (Å²) in [6.07, 6.45) is 0. The second-order valence-electron chi connectivity index (χ2n) is 6.46. The molecule has 0 fully saturated rings. The third-order valence-electron chi connectivity index (χ3n) is 4.72. The Morgan fingerprint density at radius 1 is 1.03 bits per heavy atom. The number of nitrogens with two attached hydrogens (primary N) is 1. The molecule has 1 aliphatic rings. The van der Waals surface area contributed by atoms with E-state index >= 15 is 0 Å². The van der Waals surface area contributed by atoms with Crippen molar-refractivity contribution < 1.29 is 19.1 Å². The van der Waals surface area contributed by atoms with E-state index in [2.05, 4.69) is 51.3 Å². The molecule has 0 aliphatic carbocycles. The lowest BCUT2D eigenvalue weighted by molar-refractivity contribution is -0.139. The fraction of sp³-hybridized carbons (Fsp3) is 0.136. The van der Waals surface area contributed by atoms with Crippen molar-refractivity contribution in [1.82, 2.24) is 0 Å². The largest absolute Gasteiger partial charge is 0.466 e. The van der Waals surface area contributed by atoms with Crippen molar-refractivity contribution in [2.75, 3.05) is 19.1 Å². The molecule has 3 rings (SSSR count). The molecule has 0 amide bonds. The van der Waals surface area contributed by atoms with Gasteiger partial charge in [0.25, 0.3) is 0 Å². The van der Waals surface area contributed by atoms with Gasteiger partial charge >= 0.3 is 11.9 Å². The van der Waals surface area contributed by atoms with E-state index in [-0.39, 0.29) is 22.7 Å². The Morgan fingerprint density at radius 3 is 2.13 bits per heavy atom. The van der Waals surface area contributed by atoms with Gasteiger partial charge in [-0.2, -0.15) is 5.26 Å². The molecule has 0 saturated heterocycles. The van der Waals surface area contributed by atoms with Gasteiger partial charge in [-0.15, -0.1) is 0 Å². The van der Waals surface area contributed by atoms with E-state index in [0.717, 1.165) is 7.14 Å². The number of methoxy groups -OCH3 is 2. The monoisotopic (exact) mass is 641 g/mol. The summed E-state index contributed by atoms with van der Waals surface area (Å²) in [6.45, 7) is 0. The Hall–Kier alpha value is -2.59. The number of allylic oxidation sites excluding steroid dienone is 1. The zero-order chi connectivity index (χ0) is 22.7. The molecule has 2 aromatic carbocycles. The molecule has 0 aromatic heterocycles. The lowest BCUT2D eigenvalue weighted by Crippen LogP contribution is -2.40. The van der Waals surface area contributed by atoms with Gasteiger partial charge in [0, 0.05) is 12.8 Å². The van der Waals surface area contributed by atoms with Crippen LogP contribution in [0.2, 0.25) is 0 Å². The van der Waals surface area contributed by atoms with Crippen LogP contribution in [0.25, 0.3) is 0 Å². The Labute approximate surface area is 206 Å². The van der Waals surface area contributed by atoms with Crippen LogP contribution in [0.1, 0.15) is 11.5 Å². The van der Waals surface area contributed by atoms with E-state index in [4.69, 9.17) is 15.2 Å². The van der Waals surface area contributed by atoms with Crippen LogP contribution < -0.4 is 10.6 Å². The number of benzene rings is 2. The number of anilines is 1. The van der Waals surface area contributed by atoms with Crippen LogP contribution in [0.3, 0.4) is 0 Å². The molecule has 7 nitrogen and oxygen atoms in total. The number of hydrogen-bond acceptors (Lipinski definition) is 7. The normalized spacial score (nSPS) is 16.1. The first-order valence-corrected chi connectivity index (χ1v) is 11.1. The summed E-state index contributed by atoms with van der Waals surface area (Å²) in [4.78, 5) is 27.3. The molecule has 1 heterocycles. The Bertz CT molecular complexity index is 1130. The summed E-state index contributed by atoms with van der Waals surface area (Å²) < 4.78 is 11.8. The van der Waals surface area contributed by atoms with E-state index in [1.807, 2.05) is 12.1 Å². The van der Waals surface area contributed by atoms with Crippen molar-refractivity contribution in [3.8, 4) is 6.07 Å². The van der Waals surface area contributed by atoms with Crippen molar-refractivity contribution in [2.24, 2.45) is 5.73 Å². The van der Waals surface area contributed by atoms with Gasteiger partial charge < -0.3 is 15.2 Å². The van der Waals surface area contributed by atoms with Crippen LogP contribution in [0, 0.1) is 18.5 Å². The van der Waals surface area contributed by atoms with Gasteiger partial charge in [-0.05, 0) is 68.9 Å². The highest BCUT2D eigenvalue weighted by atomic mass is 127. The van der Waals surface area contributed by atoms with Gasteiger partial charge in [0.1, 0.15) is 11.5 Å². The number of nitriles is 1. The Morgan fingerprint density at radius 2 is 1.61 bits per heavy atom. The van der Waals surface area contributed by atoms with Crippen molar-refractivity contribution >= 4 is 62.8 Å². The van der Waals surface area contributed by atoms with E-state index in [1.165, 1.54) is 19.1 Å². The molecule has 158 valence electrons. The van der Waals surface area contributed by atoms with Gasteiger partial charge in [-0.3, -0.25) is 4.90 Å². The lowest BCUT2D eigenvalue weighted by Gasteiger charge is -2.36. The van der Waals surface area contributed by atoms with E-state index < -0.39 is 17.9 Å². The van der Waals surface area contributed by atoms with Gasteiger partial charge in [0.05, 0.1) is 37.4 Å². The summed E-state index contributed by atoms with van der Waals surface area (Å²) in [5.41, 5.74) is 7.65. The average Bonchev–Trinajstić information content (AvgIpc) is 2.76. The van der Waals surface area contributed by atoms with Crippen LogP contribution in [0.4, 0.5) is 5.69 Å². The number of ether oxygens (including phenoxy) is 2. The van der Waals surface area contributed by atoms with E-state index in [1.54, 1.807) is 36.4 Å². The molecule has 0 bridgehead atoms. The fourth-order valence-corrected chi connectivity index (χ4v) is 5.35. The van der Waals surface area contributed by atoms with Crippen LogP contribution in [0.5, 0.6) is 0 Å². The highest BCUT2D eigenvalue weighted by Gasteiger charge is 2.43. The standard InChI is InChI=1S/C22H17I2N3O4/c1-30-21(28)18-17(12-6-4-3-5-7-12)16(11-25)20(26)27(19(18)22(29)31-2)15-9-13(23)8-14(24)10-15/h3-10,17H,26H2,1-2H3. The van der Waals surface area contributed by atoms with Gasteiger partial charge in [0.2, 0.25) is 0 Å². The topological polar surface area (TPSA) is 106 Å². The second-order valence-corrected chi connectivity index (χ2v) is 8.95. The quantitative estimate of drug-likeness (QED) is 0.401.